The zero-order valence-electron chi connectivity index (χ0n) is 14.5. The SMILES string of the molecule is CCNCC1CCN(S(=O)(=O)CCNS(=O)(=O)c2ccccc2)CC1. The maximum atomic E-state index is 12.4. The van der Waals surface area contributed by atoms with Crippen molar-refractivity contribution in [2.24, 2.45) is 5.92 Å². The summed E-state index contributed by atoms with van der Waals surface area (Å²) in [6.45, 7) is 4.77. The second-order valence-corrected chi connectivity index (χ2v) is 10.0. The molecule has 2 rings (SSSR count). The molecule has 0 aromatic heterocycles. The Morgan fingerprint density at radius 1 is 1.08 bits per heavy atom. The Morgan fingerprint density at radius 2 is 1.72 bits per heavy atom. The fourth-order valence-electron chi connectivity index (χ4n) is 2.86. The van der Waals surface area contributed by atoms with Gasteiger partial charge in [0.1, 0.15) is 0 Å². The maximum Gasteiger partial charge on any atom is 0.240 e. The van der Waals surface area contributed by atoms with Gasteiger partial charge in [-0.25, -0.2) is 25.9 Å². The van der Waals surface area contributed by atoms with Crippen LogP contribution in [0.25, 0.3) is 0 Å². The first-order chi connectivity index (χ1) is 11.8. The number of nitrogens with zero attached hydrogens (tertiary/aromatic N) is 1. The molecule has 0 unspecified atom stereocenters. The minimum absolute atomic E-state index is 0.128. The van der Waals surface area contributed by atoms with Gasteiger partial charge in [0.2, 0.25) is 20.0 Å². The Labute approximate surface area is 150 Å². The molecule has 1 aromatic rings. The van der Waals surface area contributed by atoms with E-state index in [0.717, 1.165) is 25.9 Å². The molecule has 0 bridgehead atoms. The van der Waals surface area contributed by atoms with Crippen LogP contribution < -0.4 is 10.0 Å². The van der Waals surface area contributed by atoms with Crippen molar-refractivity contribution in [1.82, 2.24) is 14.3 Å². The smallest absolute Gasteiger partial charge is 0.240 e. The predicted molar refractivity (Wildman–Crippen MR) is 98.3 cm³/mol. The van der Waals surface area contributed by atoms with Crippen molar-refractivity contribution in [2.45, 2.75) is 24.7 Å². The molecule has 0 radical (unpaired) electrons. The molecule has 25 heavy (non-hydrogen) atoms. The van der Waals surface area contributed by atoms with Gasteiger partial charge < -0.3 is 5.32 Å². The van der Waals surface area contributed by atoms with E-state index in [1.807, 2.05) is 0 Å². The van der Waals surface area contributed by atoms with Crippen LogP contribution in [0, 0.1) is 5.92 Å². The summed E-state index contributed by atoms with van der Waals surface area (Å²) in [6, 6.07) is 7.94. The number of benzene rings is 1. The molecule has 0 aliphatic carbocycles. The first kappa shape index (κ1) is 20.3. The Morgan fingerprint density at radius 3 is 2.32 bits per heavy atom. The molecule has 7 nitrogen and oxygen atoms in total. The van der Waals surface area contributed by atoms with Crippen molar-refractivity contribution in [1.29, 1.82) is 0 Å². The van der Waals surface area contributed by atoms with E-state index in [1.165, 1.54) is 16.4 Å². The Hall–Kier alpha value is -1.00. The van der Waals surface area contributed by atoms with Gasteiger partial charge in [-0.05, 0) is 44.0 Å². The Kier molecular flexibility index (Phi) is 7.38. The largest absolute Gasteiger partial charge is 0.317 e. The molecular weight excluding hydrogens is 362 g/mol. The first-order valence-corrected chi connectivity index (χ1v) is 11.7. The summed E-state index contributed by atoms with van der Waals surface area (Å²) < 4.78 is 52.9. The minimum Gasteiger partial charge on any atom is -0.317 e. The quantitative estimate of drug-likeness (QED) is 0.645. The topological polar surface area (TPSA) is 95.6 Å². The van der Waals surface area contributed by atoms with E-state index in [2.05, 4.69) is 17.0 Å². The van der Waals surface area contributed by atoms with Gasteiger partial charge >= 0.3 is 0 Å². The third-order valence-electron chi connectivity index (χ3n) is 4.36. The summed E-state index contributed by atoms with van der Waals surface area (Å²) in [6.07, 6.45) is 1.67. The molecule has 1 fully saturated rings. The summed E-state index contributed by atoms with van der Waals surface area (Å²) in [5, 5.41) is 3.29. The van der Waals surface area contributed by atoms with Gasteiger partial charge in [0, 0.05) is 19.6 Å². The zero-order chi connectivity index (χ0) is 18.3. The Balaban J connectivity index is 1.82. The molecule has 142 valence electrons. The summed E-state index contributed by atoms with van der Waals surface area (Å²) in [7, 11) is -7.12. The monoisotopic (exact) mass is 389 g/mol. The average Bonchev–Trinajstić information content (AvgIpc) is 2.61. The van der Waals surface area contributed by atoms with Gasteiger partial charge in [0.15, 0.2) is 0 Å². The molecule has 1 saturated heterocycles. The van der Waals surface area contributed by atoms with Gasteiger partial charge in [-0.15, -0.1) is 0 Å². The highest BCUT2D eigenvalue weighted by atomic mass is 32.2. The van der Waals surface area contributed by atoms with E-state index in [0.29, 0.717) is 19.0 Å². The van der Waals surface area contributed by atoms with E-state index in [9.17, 15) is 16.8 Å². The van der Waals surface area contributed by atoms with Crippen molar-refractivity contribution in [3.63, 3.8) is 0 Å². The fraction of sp³-hybridized carbons (Fsp3) is 0.625. The number of hydrogen-bond donors (Lipinski definition) is 2. The molecule has 0 saturated carbocycles. The molecule has 2 N–H and O–H groups in total. The average molecular weight is 390 g/mol. The van der Waals surface area contributed by atoms with E-state index in [1.54, 1.807) is 18.2 Å². The van der Waals surface area contributed by atoms with Crippen molar-refractivity contribution in [3.05, 3.63) is 30.3 Å². The molecule has 9 heteroatoms. The minimum atomic E-state index is -3.67. The molecule has 0 amide bonds. The second kappa shape index (κ2) is 9.09. The van der Waals surface area contributed by atoms with Crippen LogP contribution in [0.4, 0.5) is 0 Å². The zero-order valence-corrected chi connectivity index (χ0v) is 16.2. The van der Waals surface area contributed by atoms with Gasteiger partial charge in [-0.3, -0.25) is 0 Å². The number of hydrogen-bond acceptors (Lipinski definition) is 5. The Bertz CT molecular complexity index is 728. The molecule has 1 aliphatic heterocycles. The van der Waals surface area contributed by atoms with Gasteiger partial charge in [-0.1, -0.05) is 25.1 Å². The van der Waals surface area contributed by atoms with Crippen molar-refractivity contribution in [3.8, 4) is 0 Å². The third kappa shape index (κ3) is 6.03. The van der Waals surface area contributed by atoms with E-state index >= 15 is 0 Å². The van der Waals surface area contributed by atoms with Crippen LogP contribution in [0.15, 0.2) is 35.2 Å². The van der Waals surface area contributed by atoms with E-state index < -0.39 is 20.0 Å². The third-order valence-corrected chi connectivity index (χ3v) is 7.70. The lowest BCUT2D eigenvalue weighted by atomic mass is 9.98. The van der Waals surface area contributed by atoms with Crippen LogP contribution in [-0.2, 0) is 20.0 Å². The lowest BCUT2D eigenvalue weighted by Gasteiger charge is -2.31. The van der Waals surface area contributed by atoms with Crippen LogP contribution in [0.2, 0.25) is 0 Å². The first-order valence-electron chi connectivity index (χ1n) is 8.58. The molecule has 1 heterocycles. The van der Waals surface area contributed by atoms with Gasteiger partial charge in [-0.2, -0.15) is 0 Å². The van der Waals surface area contributed by atoms with Gasteiger partial charge in [0.25, 0.3) is 0 Å². The second-order valence-electron chi connectivity index (χ2n) is 6.18. The normalized spacial score (nSPS) is 17.6. The number of nitrogens with one attached hydrogen (secondary N) is 2. The fourth-order valence-corrected chi connectivity index (χ4v) is 5.42. The lowest BCUT2D eigenvalue weighted by molar-refractivity contribution is 0.268. The van der Waals surface area contributed by atoms with Gasteiger partial charge in [0.05, 0.1) is 10.6 Å². The van der Waals surface area contributed by atoms with Crippen molar-refractivity contribution >= 4 is 20.0 Å². The van der Waals surface area contributed by atoms with E-state index in [4.69, 9.17) is 0 Å². The highest BCUT2D eigenvalue weighted by molar-refractivity contribution is 7.90. The molecule has 1 aliphatic rings. The van der Waals surface area contributed by atoms with Crippen LogP contribution in [0.3, 0.4) is 0 Å². The van der Waals surface area contributed by atoms with Crippen LogP contribution in [0.5, 0.6) is 0 Å². The number of rotatable bonds is 9. The summed E-state index contributed by atoms with van der Waals surface area (Å²) in [5.74, 6) is 0.278. The number of sulfonamides is 2. The lowest BCUT2D eigenvalue weighted by Crippen LogP contribution is -2.43. The summed E-state index contributed by atoms with van der Waals surface area (Å²) in [4.78, 5) is 0.136. The predicted octanol–water partition coefficient (Wildman–Crippen LogP) is 0.616. The molecular formula is C16H27N3O4S2. The standard InChI is InChI=1S/C16H27N3O4S2/c1-2-17-14-15-8-11-19(12-9-15)24(20,21)13-10-18-25(22,23)16-6-4-3-5-7-16/h3-7,15,17-18H,2,8-14H2,1H3. The summed E-state index contributed by atoms with van der Waals surface area (Å²) >= 11 is 0. The van der Waals surface area contributed by atoms with Crippen molar-refractivity contribution < 1.29 is 16.8 Å². The number of piperidine rings is 1. The van der Waals surface area contributed by atoms with Crippen LogP contribution in [0.1, 0.15) is 19.8 Å². The van der Waals surface area contributed by atoms with Crippen LogP contribution in [-0.4, -0.2) is 59.6 Å². The van der Waals surface area contributed by atoms with E-state index in [-0.39, 0.29) is 17.2 Å². The highest BCUT2D eigenvalue weighted by Crippen LogP contribution is 2.19. The highest BCUT2D eigenvalue weighted by Gasteiger charge is 2.28. The summed E-state index contributed by atoms with van der Waals surface area (Å²) in [5.41, 5.74) is 0. The molecule has 0 atom stereocenters. The van der Waals surface area contributed by atoms with Crippen LogP contribution >= 0.6 is 0 Å². The molecule has 0 spiro atoms. The maximum absolute atomic E-state index is 12.4. The van der Waals surface area contributed by atoms with Crippen molar-refractivity contribution in [2.75, 3.05) is 38.5 Å². The molecule has 1 aromatic carbocycles.